The van der Waals surface area contributed by atoms with Gasteiger partial charge in [0.2, 0.25) is 5.91 Å². The van der Waals surface area contributed by atoms with Crippen LogP contribution in [0.5, 0.6) is 0 Å². The minimum Gasteiger partial charge on any atom is -0.345 e. The van der Waals surface area contributed by atoms with Crippen LogP contribution in [0.3, 0.4) is 0 Å². The number of hydrogen-bond acceptors (Lipinski definition) is 4. The monoisotopic (exact) mass is 333 g/mol. The number of carbonyl (C=O) groups is 1. The summed E-state index contributed by atoms with van der Waals surface area (Å²) >= 11 is 1.65. The first-order chi connectivity index (χ1) is 11.1. The molecule has 2 aromatic rings. The minimum absolute atomic E-state index is 0.143. The highest BCUT2D eigenvalue weighted by Gasteiger charge is 2.22. The summed E-state index contributed by atoms with van der Waals surface area (Å²) in [4.78, 5) is 20.9. The molecule has 1 aliphatic rings. The first-order valence-corrected chi connectivity index (χ1v) is 8.69. The number of aromatic nitrogens is 1. The minimum atomic E-state index is -0.248. The van der Waals surface area contributed by atoms with Gasteiger partial charge in [-0.1, -0.05) is 12.1 Å². The largest absolute Gasteiger partial charge is 0.345 e. The van der Waals surface area contributed by atoms with E-state index in [0.29, 0.717) is 12.8 Å². The lowest BCUT2D eigenvalue weighted by Gasteiger charge is -2.34. The maximum absolute atomic E-state index is 13.1. The lowest BCUT2D eigenvalue weighted by atomic mass is 10.1. The molecule has 1 amide bonds. The fourth-order valence-corrected chi connectivity index (χ4v) is 3.59. The van der Waals surface area contributed by atoms with Crippen molar-refractivity contribution in [2.45, 2.75) is 19.8 Å². The Hall–Kier alpha value is -1.95. The van der Waals surface area contributed by atoms with Gasteiger partial charge in [-0.2, -0.15) is 0 Å². The molecule has 122 valence electrons. The highest BCUT2D eigenvalue weighted by atomic mass is 32.1. The van der Waals surface area contributed by atoms with Crippen molar-refractivity contribution >= 4 is 22.4 Å². The van der Waals surface area contributed by atoms with E-state index in [1.54, 1.807) is 17.4 Å². The Balaban J connectivity index is 1.48. The third kappa shape index (κ3) is 4.07. The predicted octanol–water partition coefficient (Wildman–Crippen LogP) is 2.87. The quantitative estimate of drug-likeness (QED) is 0.863. The van der Waals surface area contributed by atoms with E-state index in [0.717, 1.165) is 42.6 Å². The number of piperazine rings is 1. The number of amides is 1. The molecule has 3 rings (SSSR count). The third-order valence-electron chi connectivity index (χ3n) is 4.03. The van der Waals surface area contributed by atoms with Crippen molar-refractivity contribution in [1.29, 1.82) is 0 Å². The van der Waals surface area contributed by atoms with Crippen molar-refractivity contribution in [2.24, 2.45) is 0 Å². The topological polar surface area (TPSA) is 36.4 Å². The standard InChI is InChI=1S/C17H20FN3OS/c1-13-12-23-17(19-13)21-9-7-20(8-10-21)16(22)6-5-14-3-2-4-15(18)11-14/h2-4,11-12H,5-10H2,1H3. The number of rotatable bonds is 4. The fourth-order valence-electron chi connectivity index (χ4n) is 2.74. The number of hydrogen-bond donors (Lipinski definition) is 0. The number of nitrogens with zero attached hydrogens (tertiary/aromatic N) is 3. The van der Waals surface area contributed by atoms with E-state index in [1.807, 2.05) is 23.3 Å². The van der Waals surface area contributed by atoms with Crippen LogP contribution in [-0.2, 0) is 11.2 Å². The van der Waals surface area contributed by atoms with Crippen LogP contribution in [0.1, 0.15) is 17.7 Å². The van der Waals surface area contributed by atoms with Crippen molar-refractivity contribution in [1.82, 2.24) is 9.88 Å². The van der Waals surface area contributed by atoms with Gasteiger partial charge in [-0.05, 0) is 31.0 Å². The molecule has 1 aromatic carbocycles. The molecular weight excluding hydrogens is 313 g/mol. The second kappa shape index (κ2) is 7.08. The van der Waals surface area contributed by atoms with E-state index < -0.39 is 0 Å². The van der Waals surface area contributed by atoms with Gasteiger partial charge >= 0.3 is 0 Å². The summed E-state index contributed by atoms with van der Waals surface area (Å²) < 4.78 is 13.1. The molecule has 0 atom stereocenters. The Morgan fingerprint density at radius 3 is 2.74 bits per heavy atom. The maximum Gasteiger partial charge on any atom is 0.223 e. The highest BCUT2D eigenvalue weighted by molar-refractivity contribution is 7.13. The van der Waals surface area contributed by atoms with Crippen LogP contribution in [0.25, 0.3) is 0 Å². The summed E-state index contributed by atoms with van der Waals surface area (Å²) in [5.41, 5.74) is 1.91. The molecule has 0 N–H and O–H groups in total. The second-order valence-electron chi connectivity index (χ2n) is 5.77. The molecule has 0 saturated carbocycles. The smallest absolute Gasteiger partial charge is 0.223 e. The number of thiazole rings is 1. The lowest BCUT2D eigenvalue weighted by molar-refractivity contribution is -0.131. The van der Waals surface area contributed by atoms with Gasteiger partial charge < -0.3 is 9.80 Å². The van der Waals surface area contributed by atoms with Crippen molar-refractivity contribution in [3.8, 4) is 0 Å². The molecule has 1 aromatic heterocycles. The van der Waals surface area contributed by atoms with Gasteiger partial charge in [0, 0.05) is 38.0 Å². The van der Waals surface area contributed by atoms with Crippen LogP contribution in [0.2, 0.25) is 0 Å². The summed E-state index contributed by atoms with van der Waals surface area (Å²) in [7, 11) is 0. The summed E-state index contributed by atoms with van der Waals surface area (Å²) in [6, 6.07) is 6.46. The average molecular weight is 333 g/mol. The van der Waals surface area contributed by atoms with E-state index in [-0.39, 0.29) is 11.7 Å². The maximum atomic E-state index is 13.1. The molecule has 6 heteroatoms. The van der Waals surface area contributed by atoms with Crippen LogP contribution < -0.4 is 4.90 Å². The first-order valence-electron chi connectivity index (χ1n) is 7.81. The van der Waals surface area contributed by atoms with Crippen LogP contribution in [0.15, 0.2) is 29.6 Å². The molecule has 2 heterocycles. The number of carbonyl (C=O) groups excluding carboxylic acids is 1. The Labute approximate surface area is 139 Å². The van der Waals surface area contributed by atoms with Gasteiger partial charge in [-0.15, -0.1) is 11.3 Å². The molecule has 1 saturated heterocycles. The van der Waals surface area contributed by atoms with E-state index in [1.165, 1.54) is 12.1 Å². The second-order valence-corrected chi connectivity index (χ2v) is 6.61. The van der Waals surface area contributed by atoms with Crippen LogP contribution in [0.4, 0.5) is 9.52 Å². The molecule has 0 radical (unpaired) electrons. The average Bonchev–Trinajstić information content (AvgIpc) is 2.99. The summed E-state index contributed by atoms with van der Waals surface area (Å²) in [5.74, 6) is -0.105. The van der Waals surface area contributed by atoms with Crippen molar-refractivity contribution < 1.29 is 9.18 Å². The van der Waals surface area contributed by atoms with Crippen molar-refractivity contribution in [3.63, 3.8) is 0 Å². The lowest BCUT2D eigenvalue weighted by Crippen LogP contribution is -2.48. The SMILES string of the molecule is Cc1csc(N2CCN(C(=O)CCc3cccc(F)c3)CC2)n1. The molecule has 23 heavy (non-hydrogen) atoms. The predicted molar refractivity (Wildman–Crippen MR) is 90.4 cm³/mol. The van der Waals surface area contributed by atoms with Gasteiger partial charge in [0.15, 0.2) is 5.13 Å². The molecule has 1 fully saturated rings. The fraction of sp³-hybridized carbons (Fsp3) is 0.412. The van der Waals surface area contributed by atoms with Gasteiger partial charge in [0.05, 0.1) is 5.69 Å². The van der Waals surface area contributed by atoms with E-state index in [2.05, 4.69) is 9.88 Å². The van der Waals surface area contributed by atoms with Crippen molar-refractivity contribution in [3.05, 3.63) is 46.7 Å². The number of anilines is 1. The molecule has 0 unspecified atom stereocenters. The van der Waals surface area contributed by atoms with Gasteiger partial charge in [0.25, 0.3) is 0 Å². The van der Waals surface area contributed by atoms with E-state index in [9.17, 15) is 9.18 Å². The molecule has 0 bridgehead atoms. The Morgan fingerprint density at radius 1 is 1.30 bits per heavy atom. The molecule has 1 aliphatic heterocycles. The summed E-state index contributed by atoms with van der Waals surface area (Å²) in [6.45, 7) is 5.07. The molecule has 4 nitrogen and oxygen atoms in total. The van der Waals surface area contributed by atoms with Crippen molar-refractivity contribution in [2.75, 3.05) is 31.1 Å². The van der Waals surface area contributed by atoms with Gasteiger partial charge in [0.1, 0.15) is 5.82 Å². The molecular formula is C17H20FN3OS. The third-order valence-corrected chi connectivity index (χ3v) is 5.05. The van der Waals surface area contributed by atoms with E-state index >= 15 is 0 Å². The van der Waals surface area contributed by atoms with E-state index in [4.69, 9.17) is 0 Å². The Morgan fingerprint density at radius 2 is 2.09 bits per heavy atom. The van der Waals surface area contributed by atoms with Crippen LogP contribution >= 0.6 is 11.3 Å². The summed E-state index contributed by atoms with van der Waals surface area (Å²) in [6.07, 6.45) is 1.02. The number of benzene rings is 1. The normalized spacial score (nSPS) is 15.0. The zero-order valence-electron chi connectivity index (χ0n) is 13.2. The van der Waals surface area contributed by atoms with Gasteiger partial charge in [-0.25, -0.2) is 9.37 Å². The summed E-state index contributed by atoms with van der Waals surface area (Å²) in [5, 5.41) is 3.08. The number of aryl methyl sites for hydroxylation is 2. The molecule has 0 spiro atoms. The zero-order chi connectivity index (χ0) is 16.2. The van der Waals surface area contributed by atoms with Gasteiger partial charge in [-0.3, -0.25) is 4.79 Å². The molecule has 0 aliphatic carbocycles. The van der Waals surface area contributed by atoms with Crippen LogP contribution in [-0.4, -0.2) is 42.0 Å². The Kier molecular flexibility index (Phi) is 4.91. The Bertz CT molecular complexity index is 680. The van der Waals surface area contributed by atoms with Crippen LogP contribution in [0, 0.1) is 12.7 Å². The number of halogens is 1. The first kappa shape index (κ1) is 15.9. The highest BCUT2D eigenvalue weighted by Crippen LogP contribution is 2.21. The zero-order valence-corrected chi connectivity index (χ0v) is 14.0.